The predicted octanol–water partition coefficient (Wildman–Crippen LogP) is 3.65. The third kappa shape index (κ3) is 4.23. The summed E-state index contributed by atoms with van der Waals surface area (Å²) in [5, 5.41) is 10.2. The zero-order chi connectivity index (χ0) is 24.3. The van der Waals surface area contributed by atoms with Gasteiger partial charge in [-0.3, -0.25) is 4.40 Å². The van der Waals surface area contributed by atoms with Crippen molar-refractivity contribution in [3.8, 4) is 23.2 Å². The molecular weight excluding hydrogens is 506 g/mol. The average Bonchev–Trinajstić information content (AvgIpc) is 3.20. The molecule has 1 saturated carbocycles. The van der Waals surface area contributed by atoms with Crippen molar-refractivity contribution in [1.82, 2.24) is 29.6 Å². The van der Waals surface area contributed by atoms with Crippen molar-refractivity contribution in [2.45, 2.75) is 49.1 Å². The average molecular weight is 525 g/mol. The number of sulfonamides is 1. The van der Waals surface area contributed by atoms with E-state index in [1.54, 1.807) is 6.07 Å². The van der Waals surface area contributed by atoms with Crippen molar-refractivity contribution >= 4 is 44.1 Å². The van der Waals surface area contributed by atoms with Crippen molar-refractivity contribution in [1.29, 1.82) is 0 Å². The van der Waals surface area contributed by atoms with E-state index in [-0.39, 0.29) is 26.9 Å². The molecule has 0 bridgehead atoms. The molecule has 1 atom stereocenters. The number of alkyl halides is 2. The van der Waals surface area contributed by atoms with E-state index < -0.39 is 27.0 Å². The Morgan fingerprint density at radius 2 is 2.18 bits per heavy atom. The van der Waals surface area contributed by atoms with Crippen LogP contribution in [-0.2, 0) is 10.0 Å². The maximum atomic E-state index is 13.3. The third-order valence-electron chi connectivity index (χ3n) is 5.83. The van der Waals surface area contributed by atoms with Crippen LogP contribution in [0.25, 0.3) is 21.9 Å². The summed E-state index contributed by atoms with van der Waals surface area (Å²) in [6, 6.07) is 1.22. The molecule has 1 fully saturated rings. The van der Waals surface area contributed by atoms with E-state index in [4.69, 9.17) is 18.0 Å². The lowest BCUT2D eigenvalue weighted by atomic mass is 9.97. The Hall–Kier alpha value is -2.43. The summed E-state index contributed by atoms with van der Waals surface area (Å²) in [6.45, 7) is 2.43. The first kappa shape index (κ1) is 23.3. The second kappa shape index (κ2) is 8.35. The number of hydrogen-bond acceptors (Lipinski definition) is 7. The highest BCUT2D eigenvalue weighted by Crippen LogP contribution is 2.39. The molecule has 3 aromatic rings. The minimum atomic E-state index is -3.90. The van der Waals surface area contributed by atoms with Crippen LogP contribution in [0.5, 0.6) is 0 Å². The van der Waals surface area contributed by atoms with Gasteiger partial charge in [0.25, 0.3) is 6.43 Å². The predicted molar refractivity (Wildman–Crippen MR) is 125 cm³/mol. The van der Waals surface area contributed by atoms with Gasteiger partial charge >= 0.3 is 0 Å². The number of nitrogens with one attached hydrogen (secondary N) is 2. The number of pyridine rings is 1. The number of terminal acetylenes is 1. The van der Waals surface area contributed by atoms with E-state index >= 15 is 0 Å². The standard InChI is InChI=1S/C21H19ClF2N6O2S2/c1-3-12-8-11(4-7-25-12)14-9-13(34(31,32)29-21(2)5-6-21)10-30-15(14)16(22)26-18(30)20-28-27-19(33-20)17(23)24/h1,8-10,12,17,25,29H,4-7H2,2H3/t12-/m0/s1. The molecule has 4 heterocycles. The molecule has 5 rings (SSSR count). The molecule has 0 amide bonds. The van der Waals surface area contributed by atoms with Crippen LogP contribution in [0.15, 0.2) is 23.2 Å². The quantitative estimate of drug-likeness (QED) is 0.477. The Labute approximate surface area is 203 Å². The number of hydrogen-bond donors (Lipinski definition) is 2. The van der Waals surface area contributed by atoms with Gasteiger partial charge in [0, 0.05) is 23.8 Å². The van der Waals surface area contributed by atoms with E-state index in [1.165, 1.54) is 10.6 Å². The second-order valence-electron chi connectivity index (χ2n) is 8.49. The van der Waals surface area contributed by atoms with Gasteiger partial charge in [-0.25, -0.2) is 26.9 Å². The Kier molecular flexibility index (Phi) is 5.73. The maximum Gasteiger partial charge on any atom is 0.291 e. The topological polar surface area (TPSA) is 101 Å². The van der Waals surface area contributed by atoms with Gasteiger partial charge in [0.05, 0.1) is 16.5 Å². The third-order valence-corrected chi connectivity index (χ3v) is 8.62. The molecule has 34 heavy (non-hydrogen) atoms. The van der Waals surface area contributed by atoms with Crippen molar-refractivity contribution in [3.63, 3.8) is 0 Å². The first-order valence-electron chi connectivity index (χ1n) is 10.4. The van der Waals surface area contributed by atoms with Crippen molar-refractivity contribution < 1.29 is 17.2 Å². The highest BCUT2D eigenvalue weighted by molar-refractivity contribution is 7.89. The first-order valence-corrected chi connectivity index (χ1v) is 13.1. The summed E-state index contributed by atoms with van der Waals surface area (Å²) in [7, 11) is -3.90. The number of halogens is 3. The lowest BCUT2D eigenvalue weighted by molar-refractivity contribution is 0.150. The van der Waals surface area contributed by atoms with E-state index in [0.29, 0.717) is 35.4 Å². The van der Waals surface area contributed by atoms with Crippen molar-refractivity contribution in [2.24, 2.45) is 0 Å². The lowest BCUT2D eigenvalue weighted by Crippen LogP contribution is -2.34. The molecule has 0 spiro atoms. The van der Waals surface area contributed by atoms with E-state index in [9.17, 15) is 17.2 Å². The number of aromatic nitrogens is 4. The number of rotatable bonds is 6. The van der Waals surface area contributed by atoms with Gasteiger partial charge in [0.15, 0.2) is 21.0 Å². The van der Waals surface area contributed by atoms with Crippen LogP contribution in [0.4, 0.5) is 8.78 Å². The molecule has 178 valence electrons. The maximum absolute atomic E-state index is 13.3. The Morgan fingerprint density at radius 3 is 2.82 bits per heavy atom. The molecule has 2 aliphatic rings. The minimum Gasteiger partial charge on any atom is -0.300 e. The summed E-state index contributed by atoms with van der Waals surface area (Å²) in [4.78, 5) is 4.32. The summed E-state index contributed by atoms with van der Waals surface area (Å²) in [5.41, 5.74) is 1.30. The van der Waals surface area contributed by atoms with Gasteiger partial charge in [0.1, 0.15) is 0 Å². The molecule has 0 aromatic carbocycles. The Bertz CT molecular complexity index is 1470. The van der Waals surface area contributed by atoms with Crippen LogP contribution in [0.1, 0.15) is 43.2 Å². The molecule has 13 heteroatoms. The van der Waals surface area contributed by atoms with E-state index in [1.807, 2.05) is 13.0 Å². The summed E-state index contributed by atoms with van der Waals surface area (Å²) >= 11 is 7.17. The summed E-state index contributed by atoms with van der Waals surface area (Å²) < 4.78 is 57.0. The van der Waals surface area contributed by atoms with Crippen LogP contribution in [0.3, 0.4) is 0 Å². The SMILES string of the molecule is C#C[C@H]1C=C(c2cc(S(=O)(=O)NC3(C)CC3)cn3c(-c4nnc(C(F)F)s4)nc(Cl)c23)CCN1. The van der Waals surface area contributed by atoms with Gasteiger partial charge in [0.2, 0.25) is 10.0 Å². The molecule has 2 N–H and O–H groups in total. The van der Waals surface area contributed by atoms with Crippen molar-refractivity contribution in [3.05, 3.63) is 34.1 Å². The van der Waals surface area contributed by atoms with Crippen LogP contribution in [0, 0.1) is 12.3 Å². The molecule has 0 radical (unpaired) electrons. The molecule has 0 saturated heterocycles. The van der Waals surface area contributed by atoms with Gasteiger partial charge in [-0.1, -0.05) is 34.9 Å². The second-order valence-corrected chi connectivity index (χ2v) is 11.5. The number of nitrogens with zero attached hydrogens (tertiary/aromatic N) is 4. The number of fused-ring (bicyclic) bond motifs is 1. The smallest absolute Gasteiger partial charge is 0.291 e. The zero-order valence-corrected chi connectivity index (χ0v) is 20.2. The van der Waals surface area contributed by atoms with Gasteiger partial charge in [-0.05, 0) is 37.8 Å². The fraction of sp³-hybridized carbons (Fsp3) is 0.381. The highest BCUT2D eigenvalue weighted by atomic mass is 35.5. The van der Waals surface area contributed by atoms with E-state index in [2.05, 4.69) is 31.1 Å². The minimum absolute atomic E-state index is 0.00581. The fourth-order valence-corrected chi connectivity index (χ4v) is 6.26. The van der Waals surface area contributed by atoms with Crippen LogP contribution >= 0.6 is 22.9 Å². The van der Waals surface area contributed by atoms with Gasteiger partial charge in [-0.2, -0.15) is 0 Å². The Balaban J connectivity index is 1.75. The van der Waals surface area contributed by atoms with Crippen molar-refractivity contribution in [2.75, 3.05) is 6.54 Å². The molecule has 0 unspecified atom stereocenters. The molecular formula is C21H19ClF2N6O2S2. The molecule has 8 nitrogen and oxygen atoms in total. The monoisotopic (exact) mass is 524 g/mol. The van der Waals surface area contributed by atoms with Crippen LogP contribution in [0.2, 0.25) is 5.15 Å². The Morgan fingerprint density at radius 1 is 1.41 bits per heavy atom. The van der Waals surface area contributed by atoms with Crippen LogP contribution in [-0.4, -0.2) is 46.1 Å². The summed E-state index contributed by atoms with van der Waals surface area (Å²) in [6.07, 6.45) is 8.08. The highest BCUT2D eigenvalue weighted by Gasteiger charge is 2.41. The molecule has 3 aromatic heterocycles. The largest absolute Gasteiger partial charge is 0.300 e. The zero-order valence-electron chi connectivity index (χ0n) is 17.8. The lowest BCUT2D eigenvalue weighted by Gasteiger charge is -2.21. The van der Waals surface area contributed by atoms with Gasteiger partial charge < -0.3 is 5.32 Å². The van der Waals surface area contributed by atoms with Gasteiger partial charge in [-0.15, -0.1) is 16.6 Å². The first-order chi connectivity index (χ1) is 16.1. The fourth-order valence-electron chi connectivity index (χ4n) is 3.81. The normalized spacial score (nSPS) is 19.9. The molecule has 1 aliphatic heterocycles. The molecule has 1 aliphatic carbocycles. The van der Waals surface area contributed by atoms with Crippen LogP contribution < -0.4 is 10.0 Å². The summed E-state index contributed by atoms with van der Waals surface area (Å²) in [5.74, 6) is 2.76. The number of imidazole rings is 1. The van der Waals surface area contributed by atoms with E-state index in [0.717, 1.165) is 18.4 Å².